The second-order valence-corrected chi connectivity index (χ2v) is 3.40. The number of nitrogens with zero attached hydrogens (tertiary/aromatic N) is 3. The number of hydrogen-bond acceptors (Lipinski definition) is 4. The Labute approximate surface area is 85.4 Å². The smallest absolute Gasteiger partial charge is 0.306 e. The number of aliphatic carboxylic acids is 1. The summed E-state index contributed by atoms with van der Waals surface area (Å²) in [6, 6.07) is 1.75. The van der Waals surface area contributed by atoms with E-state index in [2.05, 4.69) is 20.2 Å². The van der Waals surface area contributed by atoms with Crippen LogP contribution in [0.2, 0.25) is 0 Å². The molecule has 0 amide bonds. The average Bonchev–Trinajstić information content (AvgIpc) is 2.59. The minimum atomic E-state index is -0.832. The number of H-pyrrole nitrogens is 1. The van der Waals surface area contributed by atoms with Gasteiger partial charge in [0, 0.05) is 6.42 Å². The molecule has 0 spiro atoms. The molecule has 0 aliphatic rings. The van der Waals surface area contributed by atoms with Crippen LogP contribution in [0.4, 0.5) is 0 Å². The Hall–Kier alpha value is -1.98. The molecular formula is C9H10N4O2. The Balaban J connectivity index is 2.26. The van der Waals surface area contributed by atoms with Crippen molar-refractivity contribution in [2.24, 2.45) is 5.92 Å². The Morgan fingerprint density at radius 1 is 1.67 bits per heavy atom. The normalized spacial score (nSPS) is 12.9. The molecule has 2 aromatic rings. The molecular weight excluding hydrogens is 196 g/mol. The van der Waals surface area contributed by atoms with Crippen LogP contribution in [0.3, 0.4) is 0 Å². The number of aromatic nitrogens is 4. The number of fused-ring (bicyclic) bond motifs is 1. The summed E-state index contributed by atoms with van der Waals surface area (Å²) in [4.78, 5) is 17.8. The first-order chi connectivity index (χ1) is 7.16. The van der Waals surface area contributed by atoms with Crippen molar-refractivity contribution < 1.29 is 9.90 Å². The van der Waals surface area contributed by atoms with E-state index in [-0.39, 0.29) is 0 Å². The van der Waals surface area contributed by atoms with Crippen LogP contribution in [-0.2, 0) is 11.2 Å². The summed E-state index contributed by atoms with van der Waals surface area (Å²) in [6.45, 7) is 1.64. The van der Waals surface area contributed by atoms with E-state index in [9.17, 15) is 4.79 Å². The van der Waals surface area contributed by atoms with Gasteiger partial charge in [0.15, 0.2) is 5.65 Å². The van der Waals surface area contributed by atoms with Crippen molar-refractivity contribution in [2.45, 2.75) is 13.3 Å². The number of imidazole rings is 1. The van der Waals surface area contributed by atoms with E-state index in [1.807, 2.05) is 0 Å². The van der Waals surface area contributed by atoms with Gasteiger partial charge in [-0.2, -0.15) is 5.10 Å². The second kappa shape index (κ2) is 3.64. The molecule has 15 heavy (non-hydrogen) atoms. The van der Waals surface area contributed by atoms with E-state index >= 15 is 0 Å². The summed E-state index contributed by atoms with van der Waals surface area (Å²) in [5.41, 5.74) is 1.29. The molecule has 2 N–H and O–H groups in total. The number of nitrogens with one attached hydrogen (secondary N) is 1. The molecule has 6 nitrogen and oxygen atoms in total. The highest BCUT2D eigenvalue weighted by atomic mass is 16.4. The van der Waals surface area contributed by atoms with E-state index < -0.39 is 11.9 Å². The Kier molecular flexibility index (Phi) is 2.32. The van der Waals surface area contributed by atoms with E-state index in [4.69, 9.17) is 5.11 Å². The molecule has 0 saturated carbocycles. The molecule has 1 unspecified atom stereocenters. The molecule has 0 fully saturated rings. The minimum absolute atomic E-state index is 0.367. The van der Waals surface area contributed by atoms with E-state index in [0.717, 1.165) is 5.52 Å². The van der Waals surface area contributed by atoms with Crippen molar-refractivity contribution in [3.63, 3.8) is 0 Å². The first-order valence-corrected chi connectivity index (χ1v) is 4.56. The lowest BCUT2D eigenvalue weighted by Gasteiger charge is -2.01. The SMILES string of the molecule is CC(Cc1nc2nnccc2[nH]1)C(=O)O. The summed E-state index contributed by atoms with van der Waals surface area (Å²) >= 11 is 0. The van der Waals surface area contributed by atoms with Crippen LogP contribution in [0.15, 0.2) is 12.3 Å². The Morgan fingerprint density at radius 3 is 3.13 bits per heavy atom. The number of carboxylic acid groups (broad SMARTS) is 1. The van der Waals surface area contributed by atoms with Gasteiger partial charge in [-0.3, -0.25) is 4.79 Å². The van der Waals surface area contributed by atoms with Crippen LogP contribution in [0.25, 0.3) is 11.2 Å². The van der Waals surface area contributed by atoms with Crippen LogP contribution in [0.5, 0.6) is 0 Å². The van der Waals surface area contributed by atoms with Gasteiger partial charge < -0.3 is 10.1 Å². The third kappa shape index (κ3) is 1.93. The molecule has 1 atom stereocenters. The first kappa shape index (κ1) is 9.57. The maximum absolute atomic E-state index is 10.6. The first-order valence-electron chi connectivity index (χ1n) is 4.56. The van der Waals surface area contributed by atoms with Crippen molar-refractivity contribution in [1.82, 2.24) is 20.2 Å². The maximum Gasteiger partial charge on any atom is 0.306 e. The minimum Gasteiger partial charge on any atom is -0.481 e. The fraction of sp³-hybridized carbons (Fsp3) is 0.333. The van der Waals surface area contributed by atoms with Crippen LogP contribution in [0.1, 0.15) is 12.7 Å². The lowest BCUT2D eigenvalue weighted by Crippen LogP contribution is -2.12. The van der Waals surface area contributed by atoms with Crippen molar-refractivity contribution in [3.8, 4) is 0 Å². The van der Waals surface area contributed by atoms with Crippen molar-refractivity contribution in [3.05, 3.63) is 18.1 Å². The molecule has 6 heteroatoms. The van der Waals surface area contributed by atoms with Crippen LogP contribution < -0.4 is 0 Å². The standard InChI is InChI=1S/C9H10N4O2/c1-5(9(14)15)4-7-11-6-2-3-10-13-8(6)12-7/h2-3,5H,4H2,1H3,(H,14,15)(H,11,12,13). The average molecular weight is 206 g/mol. The molecule has 78 valence electrons. The number of aromatic amines is 1. The topological polar surface area (TPSA) is 91.8 Å². The zero-order chi connectivity index (χ0) is 10.8. The summed E-state index contributed by atoms with van der Waals surface area (Å²) < 4.78 is 0. The molecule has 0 radical (unpaired) electrons. The number of hydrogen-bond donors (Lipinski definition) is 2. The van der Waals surface area contributed by atoms with Gasteiger partial charge in [-0.1, -0.05) is 6.92 Å². The third-order valence-electron chi connectivity index (χ3n) is 2.14. The van der Waals surface area contributed by atoms with Crippen molar-refractivity contribution >= 4 is 17.1 Å². The van der Waals surface area contributed by atoms with Gasteiger partial charge in [0.2, 0.25) is 0 Å². The van der Waals surface area contributed by atoms with Crippen LogP contribution in [0, 0.1) is 5.92 Å². The highest BCUT2D eigenvalue weighted by molar-refractivity contribution is 5.71. The highest BCUT2D eigenvalue weighted by Crippen LogP contribution is 2.10. The number of carboxylic acids is 1. The van der Waals surface area contributed by atoms with Gasteiger partial charge in [-0.05, 0) is 6.07 Å². The van der Waals surface area contributed by atoms with Gasteiger partial charge in [0.05, 0.1) is 17.6 Å². The lowest BCUT2D eigenvalue weighted by molar-refractivity contribution is -0.141. The summed E-state index contributed by atoms with van der Waals surface area (Å²) in [5, 5.41) is 16.3. The molecule has 0 aromatic carbocycles. The predicted molar refractivity (Wildman–Crippen MR) is 52.2 cm³/mol. The van der Waals surface area contributed by atoms with Crippen molar-refractivity contribution in [1.29, 1.82) is 0 Å². The largest absolute Gasteiger partial charge is 0.481 e. The Bertz CT molecular complexity index is 461. The van der Waals surface area contributed by atoms with Crippen LogP contribution in [-0.4, -0.2) is 31.2 Å². The van der Waals surface area contributed by atoms with Crippen LogP contribution >= 0.6 is 0 Å². The third-order valence-corrected chi connectivity index (χ3v) is 2.14. The van der Waals surface area contributed by atoms with Gasteiger partial charge in [0.25, 0.3) is 0 Å². The monoisotopic (exact) mass is 206 g/mol. The van der Waals surface area contributed by atoms with Gasteiger partial charge in [-0.25, -0.2) is 4.98 Å². The molecule has 2 rings (SSSR count). The Morgan fingerprint density at radius 2 is 2.47 bits per heavy atom. The molecule has 0 aliphatic carbocycles. The fourth-order valence-electron chi connectivity index (χ4n) is 1.29. The molecule has 0 saturated heterocycles. The molecule has 2 heterocycles. The maximum atomic E-state index is 10.6. The quantitative estimate of drug-likeness (QED) is 0.767. The molecule has 0 aliphatic heterocycles. The zero-order valence-electron chi connectivity index (χ0n) is 8.14. The van der Waals surface area contributed by atoms with E-state index in [0.29, 0.717) is 17.9 Å². The highest BCUT2D eigenvalue weighted by Gasteiger charge is 2.14. The fourth-order valence-corrected chi connectivity index (χ4v) is 1.29. The summed E-state index contributed by atoms with van der Waals surface area (Å²) in [6.07, 6.45) is 1.93. The second-order valence-electron chi connectivity index (χ2n) is 3.40. The van der Waals surface area contributed by atoms with Gasteiger partial charge in [-0.15, -0.1) is 5.10 Å². The van der Waals surface area contributed by atoms with E-state index in [1.165, 1.54) is 0 Å². The number of carbonyl (C=O) groups is 1. The molecule has 2 aromatic heterocycles. The van der Waals surface area contributed by atoms with Crippen molar-refractivity contribution in [2.75, 3.05) is 0 Å². The zero-order valence-corrected chi connectivity index (χ0v) is 8.14. The lowest BCUT2D eigenvalue weighted by atomic mass is 10.1. The summed E-state index contributed by atoms with van der Waals surface area (Å²) in [5.74, 6) is -0.666. The summed E-state index contributed by atoms with van der Waals surface area (Å²) in [7, 11) is 0. The molecule has 0 bridgehead atoms. The predicted octanol–water partition coefficient (Wildman–Crippen LogP) is 0.616. The number of rotatable bonds is 3. The van der Waals surface area contributed by atoms with Gasteiger partial charge in [0.1, 0.15) is 5.82 Å². The van der Waals surface area contributed by atoms with Gasteiger partial charge >= 0.3 is 5.97 Å². The van der Waals surface area contributed by atoms with E-state index in [1.54, 1.807) is 19.2 Å².